The molecule has 0 aliphatic heterocycles. The van der Waals surface area contributed by atoms with Gasteiger partial charge in [0.05, 0.1) is 0 Å². The van der Waals surface area contributed by atoms with E-state index in [9.17, 15) is 4.79 Å². The van der Waals surface area contributed by atoms with E-state index in [1.54, 1.807) is 11.9 Å². The number of hydrogen-bond donors (Lipinski definition) is 1. The van der Waals surface area contributed by atoms with E-state index in [-0.39, 0.29) is 5.91 Å². The van der Waals surface area contributed by atoms with E-state index < -0.39 is 0 Å². The van der Waals surface area contributed by atoms with Gasteiger partial charge < -0.3 is 10.6 Å². The second-order valence-corrected chi connectivity index (χ2v) is 5.03. The van der Waals surface area contributed by atoms with Crippen molar-refractivity contribution in [3.05, 3.63) is 71.3 Å². The van der Waals surface area contributed by atoms with Crippen molar-refractivity contribution in [3.63, 3.8) is 0 Å². The first-order chi connectivity index (χ1) is 9.58. The number of amides is 1. The van der Waals surface area contributed by atoms with Gasteiger partial charge in [-0.1, -0.05) is 48.6 Å². The Morgan fingerprint density at radius 3 is 2.40 bits per heavy atom. The van der Waals surface area contributed by atoms with Gasteiger partial charge in [0.25, 0.3) is 5.91 Å². The highest BCUT2D eigenvalue weighted by Gasteiger charge is 2.11. The van der Waals surface area contributed by atoms with Gasteiger partial charge in [0, 0.05) is 24.7 Å². The lowest BCUT2D eigenvalue weighted by Gasteiger charge is -2.17. The van der Waals surface area contributed by atoms with Crippen LogP contribution in [0.3, 0.4) is 0 Å². The number of nitrogens with two attached hydrogens (primary N) is 1. The zero-order chi connectivity index (χ0) is 14.5. The molecule has 2 aromatic rings. The molecule has 2 aromatic carbocycles. The summed E-state index contributed by atoms with van der Waals surface area (Å²) in [6.07, 6.45) is 0. The Bertz CT molecular complexity index is 625. The Morgan fingerprint density at radius 1 is 1.10 bits per heavy atom. The number of carbonyl (C=O) groups excluding carboxylic acids is 1. The average molecular weight is 284 g/mol. The highest BCUT2D eigenvalue weighted by atomic mass is 32.1. The van der Waals surface area contributed by atoms with E-state index in [1.807, 2.05) is 54.6 Å². The fourth-order valence-electron chi connectivity index (χ4n) is 1.97. The molecule has 0 aromatic heterocycles. The molecule has 2 N–H and O–H groups in total. The van der Waals surface area contributed by atoms with Gasteiger partial charge in [0.2, 0.25) is 0 Å². The fraction of sp³-hybridized carbons (Fsp3) is 0.125. The van der Waals surface area contributed by atoms with Gasteiger partial charge in [-0.3, -0.25) is 4.79 Å². The van der Waals surface area contributed by atoms with E-state index in [0.717, 1.165) is 11.1 Å². The molecule has 102 valence electrons. The van der Waals surface area contributed by atoms with E-state index in [0.29, 0.717) is 17.1 Å². The summed E-state index contributed by atoms with van der Waals surface area (Å²) in [5, 5.41) is 0. The van der Waals surface area contributed by atoms with Crippen LogP contribution in [0.5, 0.6) is 0 Å². The van der Waals surface area contributed by atoms with Gasteiger partial charge in [-0.2, -0.15) is 0 Å². The summed E-state index contributed by atoms with van der Waals surface area (Å²) in [6, 6.07) is 16.9. The quantitative estimate of drug-likeness (QED) is 0.878. The Hall–Kier alpha value is -2.20. The van der Waals surface area contributed by atoms with Crippen LogP contribution >= 0.6 is 12.2 Å². The van der Waals surface area contributed by atoms with E-state index in [1.165, 1.54) is 0 Å². The molecule has 4 heteroatoms. The zero-order valence-corrected chi connectivity index (χ0v) is 12.1. The van der Waals surface area contributed by atoms with Crippen LogP contribution in [-0.4, -0.2) is 22.8 Å². The van der Waals surface area contributed by atoms with Crippen LogP contribution in [0.25, 0.3) is 0 Å². The summed E-state index contributed by atoms with van der Waals surface area (Å²) in [7, 11) is 1.78. The maximum atomic E-state index is 12.2. The minimum atomic E-state index is -0.00803. The third-order valence-electron chi connectivity index (χ3n) is 3.00. The minimum Gasteiger partial charge on any atom is -0.389 e. The molecular weight excluding hydrogens is 268 g/mol. The van der Waals surface area contributed by atoms with E-state index >= 15 is 0 Å². The SMILES string of the molecule is CN(Cc1cccc(C(N)=S)c1)C(=O)c1ccccc1. The summed E-state index contributed by atoms with van der Waals surface area (Å²) in [5.74, 6) is -0.00803. The largest absolute Gasteiger partial charge is 0.389 e. The number of carbonyl (C=O) groups is 1. The first-order valence-corrected chi connectivity index (χ1v) is 6.68. The molecule has 0 saturated heterocycles. The van der Waals surface area contributed by atoms with Crippen LogP contribution < -0.4 is 5.73 Å². The van der Waals surface area contributed by atoms with Gasteiger partial charge in [0.1, 0.15) is 4.99 Å². The summed E-state index contributed by atoms with van der Waals surface area (Å²) in [4.78, 5) is 14.3. The Kier molecular flexibility index (Phi) is 4.48. The van der Waals surface area contributed by atoms with Crippen molar-refractivity contribution in [1.82, 2.24) is 4.90 Å². The number of hydrogen-bond acceptors (Lipinski definition) is 2. The topological polar surface area (TPSA) is 46.3 Å². The van der Waals surface area contributed by atoms with E-state index in [4.69, 9.17) is 18.0 Å². The van der Waals surface area contributed by atoms with Crippen molar-refractivity contribution in [2.24, 2.45) is 5.73 Å². The number of rotatable bonds is 4. The maximum Gasteiger partial charge on any atom is 0.253 e. The highest BCUT2D eigenvalue weighted by molar-refractivity contribution is 7.80. The maximum absolute atomic E-state index is 12.2. The van der Waals surface area contributed by atoms with Gasteiger partial charge in [-0.25, -0.2) is 0 Å². The van der Waals surface area contributed by atoms with Crippen LogP contribution in [0.1, 0.15) is 21.5 Å². The summed E-state index contributed by atoms with van der Waals surface area (Å²) >= 11 is 4.96. The predicted octanol–water partition coefficient (Wildman–Crippen LogP) is 2.59. The monoisotopic (exact) mass is 284 g/mol. The summed E-state index contributed by atoms with van der Waals surface area (Å²) < 4.78 is 0. The van der Waals surface area contributed by atoms with Crippen LogP contribution in [-0.2, 0) is 6.54 Å². The highest BCUT2D eigenvalue weighted by Crippen LogP contribution is 2.10. The normalized spacial score (nSPS) is 10.1. The number of thiocarbonyl (C=S) groups is 1. The van der Waals surface area contributed by atoms with Crippen LogP contribution in [0.15, 0.2) is 54.6 Å². The lowest BCUT2D eigenvalue weighted by atomic mass is 10.1. The molecule has 2 rings (SSSR count). The molecule has 0 unspecified atom stereocenters. The second-order valence-electron chi connectivity index (χ2n) is 4.59. The van der Waals surface area contributed by atoms with Crippen LogP contribution in [0, 0.1) is 0 Å². The van der Waals surface area contributed by atoms with Crippen LogP contribution in [0.4, 0.5) is 0 Å². The predicted molar refractivity (Wildman–Crippen MR) is 84.6 cm³/mol. The lowest BCUT2D eigenvalue weighted by molar-refractivity contribution is 0.0785. The van der Waals surface area contributed by atoms with Crippen molar-refractivity contribution >= 4 is 23.1 Å². The van der Waals surface area contributed by atoms with Gasteiger partial charge >= 0.3 is 0 Å². The van der Waals surface area contributed by atoms with Crippen molar-refractivity contribution in [3.8, 4) is 0 Å². The first-order valence-electron chi connectivity index (χ1n) is 6.27. The smallest absolute Gasteiger partial charge is 0.253 e. The molecule has 3 nitrogen and oxygen atoms in total. The molecule has 0 atom stereocenters. The number of nitrogens with zero attached hydrogens (tertiary/aromatic N) is 1. The molecule has 0 aliphatic rings. The van der Waals surface area contributed by atoms with Crippen LogP contribution in [0.2, 0.25) is 0 Å². The van der Waals surface area contributed by atoms with E-state index in [2.05, 4.69) is 0 Å². The molecule has 0 aliphatic carbocycles. The average Bonchev–Trinajstić information content (AvgIpc) is 2.47. The molecule has 1 amide bonds. The minimum absolute atomic E-state index is 0.00803. The summed E-state index contributed by atoms with van der Waals surface area (Å²) in [5.41, 5.74) is 8.12. The molecule has 20 heavy (non-hydrogen) atoms. The third-order valence-corrected chi connectivity index (χ3v) is 3.23. The lowest BCUT2D eigenvalue weighted by Crippen LogP contribution is -2.26. The Balaban J connectivity index is 2.12. The molecule has 0 spiro atoms. The molecule has 0 heterocycles. The molecule has 0 saturated carbocycles. The van der Waals surface area contributed by atoms with Crippen molar-refractivity contribution in [2.45, 2.75) is 6.54 Å². The fourth-order valence-corrected chi connectivity index (χ4v) is 2.10. The molecular formula is C16H16N2OS. The Labute approximate surface area is 124 Å². The van der Waals surface area contributed by atoms with Crippen molar-refractivity contribution in [1.29, 1.82) is 0 Å². The number of benzene rings is 2. The molecule has 0 radical (unpaired) electrons. The van der Waals surface area contributed by atoms with Gasteiger partial charge in [0.15, 0.2) is 0 Å². The van der Waals surface area contributed by atoms with Crippen molar-refractivity contribution in [2.75, 3.05) is 7.05 Å². The molecule has 0 bridgehead atoms. The van der Waals surface area contributed by atoms with Gasteiger partial charge in [-0.05, 0) is 23.8 Å². The standard InChI is InChI=1S/C16H16N2OS/c1-18(16(19)13-7-3-2-4-8-13)11-12-6-5-9-14(10-12)15(17)20/h2-10H,11H2,1H3,(H2,17,20). The van der Waals surface area contributed by atoms with Gasteiger partial charge in [-0.15, -0.1) is 0 Å². The third kappa shape index (κ3) is 3.42. The Morgan fingerprint density at radius 2 is 1.75 bits per heavy atom. The summed E-state index contributed by atoms with van der Waals surface area (Å²) in [6.45, 7) is 0.518. The van der Waals surface area contributed by atoms with Crippen molar-refractivity contribution < 1.29 is 4.79 Å². The first kappa shape index (κ1) is 14.2. The molecule has 0 fully saturated rings. The zero-order valence-electron chi connectivity index (χ0n) is 11.2. The second kappa shape index (κ2) is 6.30.